The van der Waals surface area contributed by atoms with Gasteiger partial charge in [-0.1, -0.05) is 0 Å². The molecule has 3 fully saturated rings. The van der Waals surface area contributed by atoms with Crippen molar-refractivity contribution in [2.45, 2.75) is 11.6 Å². The van der Waals surface area contributed by atoms with Crippen LogP contribution in [0.15, 0.2) is 85.2 Å². The monoisotopic (exact) mass is 476 g/mol. The summed E-state index contributed by atoms with van der Waals surface area (Å²) in [5, 5.41) is 12.5. The van der Waals surface area contributed by atoms with Gasteiger partial charge in [0, 0.05) is 62.6 Å². The van der Waals surface area contributed by atoms with E-state index in [1.807, 2.05) is 41.1 Å². The van der Waals surface area contributed by atoms with Crippen molar-refractivity contribution in [2.24, 2.45) is 11.8 Å². The van der Waals surface area contributed by atoms with Gasteiger partial charge in [-0.2, -0.15) is 5.26 Å². The van der Waals surface area contributed by atoms with Crippen molar-refractivity contribution in [2.75, 3.05) is 20.1 Å². The smallest absolute Gasteiger partial charge is 0.263 e. The summed E-state index contributed by atoms with van der Waals surface area (Å²) in [7, 11) is 1.87. The molecule has 1 N–H and O–H groups in total. The first-order chi connectivity index (χ1) is 17.6. The maximum absolute atomic E-state index is 14.6. The second-order valence-corrected chi connectivity index (χ2v) is 9.45. The number of allylic oxidation sites excluding steroid dienone is 1. The van der Waals surface area contributed by atoms with Gasteiger partial charge in [0.25, 0.3) is 5.91 Å². The highest BCUT2D eigenvalue weighted by molar-refractivity contribution is 6.06. The van der Waals surface area contributed by atoms with E-state index in [1.54, 1.807) is 55.1 Å². The molecule has 1 aliphatic carbocycles. The highest BCUT2D eigenvalue weighted by Crippen LogP contribution is 2.54. The van der Waals surface area contributed by atoms with Crippen molar-refractivity contribution in [3.8, 4) is 6.07 Å². The third-order valence-corrected chi connectivity index (χ3v) is 7.72. The number of fused-ring (bicyclic) bond motifs is 1. The molecule has 3 aromatic rings. The van der Waals surface area contributed by atoms with Crippen LogP contribution in [0.25, 0.3) is 0 Å². The lowest BCUT2D eigenvalue weighted by Gasteiger charge is -2.35. The molecule has 1 aromatic carbocycles. The molecule has 1 saturated carbocycles. The van der Waals surface area contributed by atoms with Crippen molar-refractivity contribution in [3.63, 3.8) is 0 Å². The predicted octanol–water partition coefficient (Wildman–Crippen LogP) is 2.31. The quantitative estimate of drug-likeness (QED) is 0.445. The molecule has 0 radical (unpaired) electrons. The van der Waals surface area contributed by atoms with Gasteiger partial charge in [-0.25, -0.2) is 0 Å². The van der Waals surface area contributed by atoms with Gasteiger partial charge in [-0.15, -0.1) is 0 Å². The Bertz CT molecular complexity index is 1350. The van der Waals surface area contributed by atoms with Crippen molar-refractivity contribution >= 4 is 11.7 Å². The van der Waals surface area contributed by atoms with Gasteiger partial charge < -0.3 is 10.2 Å². The molecule has 4 heterocycles. The van der Waals surface area contributed by atoms with E-state index in [1.165, 1.54) is 0 Å². The topological polar surface area (TPSA) is 102 Å². The Morgan fingerprint density at radius 2 is 1.56 bits per heavy atom. The van der Waals surface area contributed by atoms with Crippen LogP contribution in [0.3, 0.4) is 0 Å². The van der Waals surface area contributed by atoms with Crippen LogP contribution in [0.4, 0.5) is 0 Å². The van der Waals surface area contributed by atoms with Crippen LogP contribution >= 0.6 is 0 Å². The molecule has 8 nitrogen and oxygen atoms in total. The largest absolute Gasteiger partial charge is 0.339 e. The zero-order chi connectivity index (χ0) is 24.9. The lowest BCUT2D eigenvalue weighted by atomic mass is 9.82. The molecule has 2 aromatic heterocycles. The number of nitriles is 1. The Balaban J connectivity index is 1.51. The Morgan fingerprint density at radius 3 is 2.08 bits per heavy atom. The predicted molar refractivity (Wildman–Crippen MR) is 131 cm³/mol. The second-order valence-electron chi connectivity index (χ2n) is 9.45. The van der Waals surface area contributed by atoms with E-state index in [-0.39, 0.29) is 17.7 Å². The summed E-state index contributed by atoms with van der Waals surface area (Å²) in [6, 6.07) is 16.1. The molecular formula is C28H24N6O2. The molecule has 0 bridgehead atoms. The first-order valence-corrected chi connectivity index (χ1v) is 11.9. The molecule has 0 spiro atoms. The highest BCUT2D eigenvalue weighted by atomic mass is 16.2. The number of piperidine rings is 1. The number of likely N-dealkylation sites (N-methyl/N-ethyl adjacent to an activating group) is 1. The first-order valence-electron chi connectivity index (χ1n) is 11.9. The second kappa shape index (κ2) is 8.40. The number of nitrogens with zero attached hydrogens (tertiary/aromatic N) is 5. The molecule has 3 aliphatic rings. The third kappa shape index (κ3) is 3.17. The number of carbonyl (C=O) groups is 2. The summed E-state index contributed by atoms with van der Waals surface area (Å²) in [6.45, 7) is 1.72. The lowest BCUT2D eigenvalue weighted by molar-refractivity contribution is -0.132. The molecule has 178 valence electrons. The van der Waals surface area contributed by atoms with Crippen LogP contribution in [0.1, 0.15) is 27.0 Å². The SMILES string of the molecule is CN1C(=CC(=O)c2ccc(C#N)cc2)N(C2[C@H]3CNC[C@@H]23)C(=O)C1(c1ccncc1)c1ccncc1. The number of hydrogen-bond donors (Lipinski definition) is 1. The number of nitrogens with one attached hydrogen (secondary N) is 1. The highest BCUT2D eigenvalue weighted by Gasteiger charge is 2.65. The minimum Gasteiger partial charge on any atom is -0.339 e. The zero-order valence-electron chi connectivity index (χ0n) is 19.7. The number of ketones is 1. The molecule has 2 aliphatic heterocycles. The average molecular weight is 477 g/mol. The number of benzene rings is 1. The minimum atomic E-state index is -1.16. The molecule has 36 heavy (non-hydrogen) atoms. The summed E-state index contributed by atoms with van der Waals surface area (Å²) in [6.07, 6.45) is 8.30. The molecule has 8 heteroatoms. The fourth-order valence-corrected chi connectivity index (χ4v) is 5.88. The van der Waals surface area contributed by atoms with E-state index in [9.17, 15) is 9.59 Å². The van der Waals surface area contributed by atoms with Gasteiger partial charge in [0.1, 0.15) is 5.82 Å². The van der Waals surface area contributed by atoms with Crippen LogP contribution in [-0.2, 0) is 10.3 Å². The summed E-state index contributed by atoms with van der Waals surface area (Å²) in [5.41, 5.74) is 1.35. The molecule has 2 saturated heterocycles. The van der Waals surface area contributed by atoms with Crippen LogP contribution in [0.2, 0.25) is 0 Å². The molecule has 1 amide bonds. The van der Waals surface area contributed by atoms with Crippen molar-refractivity contribution in [3.05, 3.63) is 107 Å². The summed E-state index contributed by atoms with van der Waals surface area (Å²) < 4.78 is 0. The van der Waals surface area contributed by atoms with Crippen molar-refractivity contribution in [1.82, 2.24) is 25.1 Å². The number of rotatable bonds is 5. The van der Waals surface area contributed by atoms with Gasteiger partial charge in [0.05, 0.1) is 11.6 Å². The number of amides is 1. The minimum absolute atomic E-state index is 0.0340. The maximum atomic E-state index is 14.6. The Kier molecular flexibility index (Phi) is 5.16. The van der Waals surface area contributed by atoms with Crippen molar-refractivity contribution in [1.29, 1.82) is 5.26 Å². The van der Waals surface area contributed by atoms with Crippen LogP contribution < -0.4 is 5.32 Å². The van der Waals surface area contributed by atoms with Gasteiger partial charge >= 0.3 is 0 Å². The summed E-state index contributed by atoms with van der Waals surface area (Å²) in [5.74, 6) is 0.995. The first kappa shape index (κ1) is 22.1. The van der Waals surface area contributed by atoms with Gasteiger partial charge in [0.2, 0.25) is 0 Å². The van der Waals surface area contributed by atoms with E-state index < -0.39 is 5.54 Å². The van der Waals surface area contributed by atoms with Crippen LogP contribution in [-0.4, -0.2) is 57.6 Å². The summed E-state index contributed by atoms with van der Waals surface area (Å²) in [4.78, 5) is 40.1. The lowest BCUT2D eigenvalue weighted by Crippen LogP contribution is -2.46. The summed E-state index contributed by atoms with van der Waals surface area (Å²) >= 11 is 0. The van der Waals surface area contributed by atoms with E-state index in [0.717, 1.165) is 24.2 Å². The zero-order valence-corrected chi connectivity index (χ0v) is 19.7. The van der Waals surface area contributed by atoms with E-state index in [0.29, 0.717) is 28.8 Å². The van der Waals surface area contributed by atoms with E-state index in [2.05, 4.69) is 21.4 Å². The number of carbonyl (C=O) groups excluding carboxylic acids is 2. The third-order valence-electron chi connectivity index (χ3n) is 7.72. The van der Waals surface area contributed by atoms with E-state index in [4.69, 9.17) is 5.26 Å². The van der Waals surface area contributed by atoms with Gasteiger partial charge in [-0.05, 0) is 71.5 Å². The Hall–Kier alpha value is -4.35. The Labute approximate surface area is 208 Å². The average Bonchev–Trinajstić information content (AvgIpc) is 3.27. The standard InChI is InChI=1S/C28H24N6O2/c1-33-25(14-24(35)19-4-2-18(15-29)3-5-19)34(26-22-16-32-17-23(22)26)27(36)28(33,20-6-10-30-11-7-20)21-8-12-31-13-9-21/h2-14,22-23,26,32H,16-17H2,1H3/t22-,23+,26?. The van der Waals surface area contributed by atoms with E-state index >= 15 is 0 Å². The number of pyridine rings is 2. The van der Waals surface area contributed by atoms with Crippen molar-refractivity contribution < 1.29 is 9.59 Å². The molecule has 3 atom stereocenters. The fourth-order valence-electron chi connectivity index (χ4n) is 5.88. The normalized spacial score (nSPS) is 25.1. The number of hydrogen-bond acceptors (Lipinski definition) is 7. The van der Waals surface area contributed by atoms with Gasteiger partial charge in [0.15, 0.2) is 11.3 Å². The van der Waals surface area contributed by atoms with Crippen LogP contribution in [0, 0.1) is 23.2 Å². The molecule has 6 rings (SSSR count). The molecular weight excluding hydrogens is 452 g/mol. The molecule has 1 unspecified atom stereocenters. The maximum Gasteiger partial charge on any atom is 0.263 e. The fraction of sp³-hybridized carbons (Fsp3) is 0.250. The number of aromatic nitrogens is 2. The van der Waals surface area contributed by atoms with Gasteiger partial charge in [-0.3, -0.25) is 24.5 Å². The van der Waals surface area contributed by atoms with Crippen LogP contribution in [0.5, 0.6) is 0 Å². The Morgan fingerprint density at radius 1 is 1.00 bits per heavy atom.